The van der Waals surface area contributed by atoms with Crippen molar-refractivity contribution in [1.29, 1.82) is 0 Å². The first-order valence-corrected chi connectivity index (χ1v) is 8.19. The maximum absolute atomic E-state index is 12.3. The van der Waals surface area contributed by atoms with Crippen LogP contribution < -0.4 is 5.32 Å². The summed E-state index contributed by atoms with van der Waals surface area (Å²) in [6.45, 7) is 0. The zero-order valence-corrected chi connectivity index (χ0v) is 13.7. The fraction of sp³-hybridized carbons (Fsp3) is 0.235. The number of alkyl halides is 1. The van der Waals surface area contributed by atoms with Crippen LogP contribution in [0.5, 0.6) is 0 Å². The van der Waals surface area contributed by atoms with Gasteiger partial charge in [0, 0.05) is 9.85 Å². The predicted molar refractivity (Wildman–Crippen MR) is 88.9 cm³/mol. The molecule has 2 aromatic carbocycles. The first kappa shape index (κ1) is 14.6. The largest absolute Gasteiger partial charge is 0.348 e. The number of amides is 1. The standard InChI is InChI=1S/C17H15BrClNO/c18-14-9-11-5-1-3-7-13(11)17(14)20-16(21)10-12-6-2-4-8-15(12)19/h1-8,14,17H,9-10H2,(H,20,21). The Hall–Kier alpha value is -1.32. The van der Waals surface area contributed by atoms with E-state index in [4.69, 9.17) is 11.6 Å². The Labute approximate surface area is 137 Å². The molecule has 1 amide bonds. The highest BCUT2D eigenvalue weighted by molar-refractivity contribution is 9.09. The van der Waals surface area contributed by atoms with Gasteiger partial charge < -0.3 is 5.32 Å². The Bertz CT molecular complexity index is 673. The van der Waals surface area contributed by atoms with Crippen molar-refractivity contribution in [2.24, 2.45) is 0 Å². The Morgan fingerprint density at radius 1 is 1.19 bits per heavy atom. The van der Waals surface area contributed by atoms with Gasteiger partial charge in [0.25, 0.3) is 0 Å². The summed E-state index contributed by atoms with van der Waals surface area (Å²) >= 11 is 9.78. The summed E-state index contributed by atoms with van der Waals surface area (Å²) in [6.07, 6.45) is 1.24. The Kier molecular flexibility index (Phi) is 4.32. The summed E-state index contributed by atoms with van der Waals surface area (Å²) in [4.78, 5) is 12.5. The smallest absolute Gasteiger partial charge is 0.224 e. The van der Waals surface area contributed by atoms with Crippen LogP contribution in [0.25, 0.3) is 0 Å². The lowest BCUT2D eigenvalue weighted by Crippen LogP contribution is -2.32. The van der Waals surface area contributed by atoms with Gasteiger partial charge in [-0.25, -0.2) is 0 Å². The van der Waals surface area contributed by atoms with Gasteiger partial charge in [0.05, 0.1) is 12.5 Å². The molecule has 2 aromatic rings. The molecule has 0 spiro atoms. The van der Waals surface area contributed by atoms with Crippen LogP contribution in [0.15, 0.2) is 48.5 Å². The number of halogens is 2. The van der Waals surface area contributed by atoms with Gasteiger partial charge in [-0.05, 0) is 29.2 Å². The van der Waals surface area contributed by atoms with Crippen molar-refractivity contribution in [1.82, 2.24) is 5.32 Å². The van der Waals surface area contributed by atoms with Crippen LogP contribution >= 0.6 is 27.5 Å². The van der Waals surface area contributed by atoms with Crippen LogP contribution in [0.3, 0.4) is 0 Å². The second-order valence-electron chi connectivity index (χ2n) is 5.23. The first-order valence-electron chi connectivity index (χ1n) is 6.90. The minimum absolute atomic E-state index is 0.00532. The van der Waals surface area contributed by atoms with Gasteiger partial charge in [0.15, 0.2) is 0 Å². The van der Waals surface area contributed by atoms with E-state index in [0.717, 1.165) is 12.0 Å². The molecule has 0 aliphatic heterocycles. The number of benzene rings is 2. The average Bonchev–Trinajstić information content (AvgIpc) is 2.78. The molecule has 0 saturated carbocycles. The van der Waals surface area contributed by atoms with Crippen LogP contribution in [0, 0.1) is 0 Å². The molecule has 0 bridgehead atoms. The Balaban J connectivity index is 1.72. The van der Waals surface area contributed by atoms with Crippen LogP contribution in [0.4, 0.5) is 0 Å². The molecule has 2 atom stereocenters. The van der Waals surface area contributed by atoms with E-state index in [2.05, 4.69) is 33.4 Å². The zero-order valence-electron chi connectivity index (χ0n) is 11.4. The molecule has 1 aliphatic rings. The molecule has 0 radical (unpaired) electrons. The lowest BCUT2D eigenvalue weighted by Gasteiger charge is -2.18. The Morgan fingerprint density at radius 2 is 1.90 bits per heavy atom. The van der Waals surface area contributed by atoms with Crippen molar-refractivity contribution in [2.45, 2.75) is 23.7 Å². The first-order chi connectivity index (χ1) is 10.1. The van der Waals surface area contributed by atoms with Crippen molar-refractivity contribution in [3.63, 3.8) is 0 Å². The van der Waals surface area contributed by atoms with E-state index in [1.54, 1.807) is 0 Å². The van der Waals surface area contributed by atoms with Gasteiger partial charge in [0.1, 0.15) is 0 Å². The molecular formula is C17H15BrClNO. The van der Waals surface area contributed by atoms with Gasteiger partial charge in [-0.15, -0.1) is 0 Å². The molecule has 3 rings (SSSR count). The minimum Gasteiger partial charge on any atom is -0.348 e. The molecule has 2 unspecified atom stereocenters. The monoisotopic (exact) mass is 363 g/mol. The van der Waals surface area contributed by atoms with E-state index in [0.29, 0.717) is 11.4 Å². The number of nitrogens with one attached hydrogen (secondary N) is 1. The van der Waals surface area contributed by atoms with E-state index in [1.165, 1.54) is 11.1 Å². The highest BCUT2D eigenvalue weighted by Crippen LogP contribution is 2.35. The van der Waals surface area contributed by atoms with E-state index in [1.807, 2.05) is 36.4 Å². The maximum Gasteiger partial charge on any atom is 0.224 e. The van der Waals surface area contributed by atoms with Gasteiger partial charge >= 0.3 is 0 Å². The van der Waals surface area contributed by atoms with Crippen LogP contribution in [-0.4, -0.2) is 10.7 Å². The summed E-state index contributed by atoms with van der Waals surface area (Å²) < 4.78 is 0. The van der Waals surface area contributed by atoms with Gasteiger partial charge in [-0.3, -0.25) is 4.79 Å². The number of rotatable bonds is 3. The fourth-order valence-electron chi connectivity index (χ4n) is 2.75. The van der Waals surface area contributed by atoms with E-state index < -0.39 is 0 Å². The van der Waals surface area contributed by atoms with Crippen molar-refractivity contribution >= 4 is 33.4 Å². The second kappa shape index (κ2) is 6.20. The third-order valence-corrected chi connectivity index (χ3v) is 5.01. The summed E-state index contributed by atoms with van der Waals surface area (Å²) in [7, 11) is 0. The van der Waals surface area contributed by atoms with Gasteiger partial charge in [-0.2, -0.15) is 0 Å². The molecule has 2 nitrogen and oxygen atoms in total. The third kappa shape index (κ3) is 3.14. The lowest BCUT2D eigenvalue weighted by molar-refractivity contribution is -0.121. The van der Waals surface area contributed by atoms with E-state index >= 15 is 0 Å². The van der Waals surface area contributed by atoms with Crippen molar-refractivity contribution in [3.05, 3.63) is 70.2 Å². The fourth-order valence-corrected chi connectivity index (χ4v) is 3.72. The normalized spacial score (nSPS) is 20.1. The molecular weight excluding hydrogens is 350 g/mol. The van der Waals surface area contributed by atoms with Crippen LogP contribution in [0.1, 0.15) is 22.7 Å². The summed E-state index contributed by atoms with van der Waals surface area (Å²) in [5, 5.41) is 3.75. The average molecular weight is 365 g/mol. The van der Waals surface area contributed by atoms with E-state index in [-0.39, 0.29) is 16.8 Å². The second-order valence-corrected chi connectivity index (χ2v) is 6.82. The molecule has 1 aliphatic carbocycles. The molecule has 108 valence electrons. The molecule has 0 fully saturated rings. The number of carbonyl (C=O) groups excluding carboxylic acids is 1. The van der Waals surface area contributed by atoms with Crippen molar-refractivity contribution in [2.75, 3.05) is 0 Å². The summed E-state index contributed by atoms with van der Waals surface area (Å²) in [5.74, 6) is -0.00532. The van der Waals surface area contributed by atoms with Crippen molar-refractivity contribution < 1.29 is 4.79 Å². The molecule has 0 heterocycles. The topological polar surface area (TPSA) is 29.1 Å². The number of carbonyl (C=O) groups is 1. The summed E-state index contributed by atoms with van der Waals surface area (Å²) in [6, 6.07) is 15.7. The van der Waals surface area contributed by atoms with Gasteiger partial charge in [0.2, 0.25) is 5.91 Å². The summed E-state index contributed by atoms with van der Waals surface area (Å²) in [5.41, 5.74) is 3.35. The number of hydrogen-bond acceptors (Lipinski definition) is 1. The minimum atomic E-state index is -0.00532. The lowest BCUT2D eigenvalue weighted by atomic mass is 10.1. The van der Waals surface area contributed by atoms with Gasteiger partial charge in [-0.1, -0.05) is 70.0 Å². The molecule has 4 heteroatoms. The highest BCUT2D eigenvalue weighted by atomic mass is 79.9. The van der Waals surface area contributed by atoms with Crippen molar-refractivity contribution in [3.8, 4) is 0 Å². The molecule has 0 saturated heterocycles. The third-order valence-electron chi connectivity index (χ3n) is 3.79. The zero-order chi connectivity index (χ0) is 14.8. The van der Waals surface area contributed by atoms with Crippen LogP contribution in [0.2, 0.25) is 5.02 Å². The Morgan fingerprint density at radius 3 is 2.71 bits per heavy atom. The molecule has 1 N–H and O–H groups in total. The van der Waals surface area contributed by atoms with E-state index in [9.17, 15) is 4.79 Å². The number of hydrogen-bond donors (Lipinski definition) is 1. The predicted octanol–water partition coefficient (Wildman–Crippen LogP) is 4.06. The number of fused-ring (bicyclic) bond motifs is 1. The molecule has 0 aromatic heterocycles. The quantitative estimate of drug-likeness (QED) is 0.818. The maximum atomic E-state index is 12.3. The highest BCUT2D eigenvalue weighted by Gasteiger charge is 2.31. The molecule has 21 heavy (non-hydrogen) atoms. The SMILES string of the molecule is O=C(Cc1ccccc1Cl)NC1c2ccccc2CC1Br. The van der Waals surface area contributed by atoms with Crippen LogP contribution in [-0.2, 0) is 17.6 Å².